The van der Waals surface area contributed by atoms with E-state index in [0.29, 0.717) is 0 Å². The third-order valence-electron chi connectivity index (χ3n) is 2.83. The molecule has 1 fully saturated rings. The first kappa shape index (κ1) is 13.5. The lowest BCUT2D eigenvalue weighted by atomic mass is 10.2. The van der Waals surface area contributed by atoms with E-state index in [1.165, 1.54) is 17.2 Å². The Morgan fingerprint density at radius 1 is 1.53 bits per heavy atom. The number of hydrogen-bond donors (Lipinski definition) is 0. The molecule has 0 spiro atoms. The largest absolute Gasteiger partial charge is 0.465 e. The number of esters is 1. The van der Waals surface area contributed by atoms with Gasteiger partial charge in [-0.05, 0) is 25.8 Å². The van der Waals surface area contributed by atoms with Gasteiger partial charge in [0.25, 0.3) is 5.91 Å². The molecule has 0 N–H and O–H groups in total. The summed E-state index contributed by atoms with van der Waals surface area (Å²) in [7, 11) is 0. The highest BCUT2D eigenvalue weighted by Gasteiger charge is 2.34. The lowest BCUT2D eigenvalue weighted by molar-refractivity contribution is -0.144. The summed E-state index contributed by atoms with van der Waals surface area (Å²) < 4.78 is 17.9. The molecule has 5 nitrogen and oxygen atoms in total. The van der Waals surface area contributed by atoms with Gasteiger partial charge in [-0.3, -0.25) is 9.59 Å². The molecule has 0 radical (unpaired) electrons. The molecule has 6 heteroatoms. The molecule has 1 heterocycles. The Balaban J connectivity index is 2.10. The first-order valence-corrected chi connectivity index (χ1v) is 6.20. The molecule has 1 saturated carbocycles. The van der Waals surface area contributed by atoms with Crippen molar-refractivity contribution < 1.29 is 18.7 Å². The van der Waals surface area contributed by atoms with E-state index in [2.05, 4.69) is 4.98 Å². The zero-order valence-electron chi connectivity index (χ0n) is 10.6. The molecule has 0 aromatic carbocycles. The molecular weight excluding hydrogens is 251 g/mol. The molecule has 1 aliphatic carbocycles. The van der Waals surface area contributed by atoms with Gasteiger partial charge in [-0.1, -0.05) is 0 Å². The van der Waals surface area contributed by atoms with E-state index in [1.54, 1.807) is 6.92 Å². The van der Waals surface area contributed by atoms with Crippen molar-refractivity contribution in [1.29, 1.82) is 0 Å². The van der Waals surface area contributed by atoms with E-state index in [1.807, 2.05) is 0 Å². The van der Waals surface area contributed by atoms with Crippen molar-refractivity contribution in [3.05, 3.63) is 29.8 Å². The maximum atomic E-state index is 13.0. The van der Waals surface area contributed by atoms with Crippen molar-refractivity contribution in [2.75, 3.05) is 13.2 Å². The normalized spacial score (nSPS) is 14.0. The Bertz CT molecular complexity index is 489. The van der Waals surface area contributed by atoms with Crippen molar-refractivity contribution in [3.63, 3.8) is 0 Å². The molecule has 2 rings (SSSR count). The first-order chi connectivity index (χ1) is 9.11. The second-order valence-corrected chi connectivity index (χ2v) is 4.34. The fraction of sp³-hybridized carbons (Fsp3) is 0.462. The number of amides is 1. The third kappa shape index (κ3) is 3.49. The molecule has 102 valence electrons. The Morgan fingerprint density at radius 3 is 2.84 bits per heavy atom. The van der Waals surface area contributed by atoms with E-state index in [-0.39, 0.29) is 30.7 Å². The summed E-state index contributed by atoms with van der Waals surface area (Å²) in [5.74, 6) is -1.52. The van der Waals surface area contributed by atoms with Gasteiger partial charge in [-0.2, -0.15) is 4.39 Å². The molecule has 0 saturated heterocycles. The monoisotopic (exact) mass is 266 g/mol. The minimum absolute atomic E-state index is 0.0492. The van der Waals surface area contributed by atoms with E-state index >= 15 is 0 Å². The van der Waals surface area contributed by atoms with Crippen LogP contribution in [0.25, 0.3) is 0 Å². The van der Waals surface area contributed by atoms with Crippen LogP contribution in [-0.2, 0) is 9.53 Å². The molecule has 0 aliphatic heterocycles. The van der Waals surface area contributed by atoms with Gasteiger partial charge < -0.3 is 9.64 Å². The number of hydrogen-bond acceptors (Lipinski definition) is 4. The maximum absolute atomic E-state index is 13.0. The van der Waals surface area contributed by atoms with Crippen molar-refractivity contribution >= 4 is 11.9 Å². The van der Waals surface area contributed by atoms with Gasteiger partial charge in [0.15, 0.2) is 0 Å². The van der Waals surface area contributed by atoms with E-state index in [4.69, 9.17) is 4.74 Å². The fourth-order valence-electron chi connectivity index (χ4n) is 1.80. The number of pyridine rings is 1. The summed E-state index contributed by atoms with van der Waals surface area (Å²) in [6, 6.07) is 2.56. The smallest absolute Gasteiger partial charge is 0.325 e. The highest BCUT2D eigenvalue weighted by molar-refractivity contribution is 5.96. The highest BCUT2D eigenvalue weighted by atomic mass is 19.1. The van der Waals surface area contributed by atoms with Crippen LogP contribution in [0.1, 0.15) is 30.1 Å². The number of halogens is 1. The molecule has 19 heavy (non-hydrogen) atoms. The van der Waals surface area contributed by atoms with Crippen molar-refractivity contribution in [1.82, 2.24) is 9.88 Å². The van der Waals surface area contributed by atoms with Gasteiger partial charge in [-0.15, -0.1) is 0 Å². The summed E-state index contributed by atoms with van der Waals surface area (Å²) in [4.78, 5) is 28.6. The van der Waals surface area contributed by atoms with Gasteiger partial charge in [0.2, 0.25) is 5.95 Å². The van der Waals surface area contributed by atoms with Gasteiger partial charge in [0, 0.05) is 23.9 Å². The number of nitrogens with zero attached hydrogens (tertiary/aromatic N) is 2. The average molecular weight is 266 g/mol. The Labute approximate surface area is 110 Å². The van der Waals surface area contributed by atoms with E-state index in [0.717, 1.165) is 18.9 Å². The molecular formula is C13H15FN2O3. The summed E-state index contributed by atoms with van der Waals surface area (Å²) in [6.45, 7) is 1.89. The average Bonchev–Trinajstić information content (AvgIpc) is 3.20. The van der Waals surface area contributed by atoms with Gasteiger partial charge >= 0.3 is 5.97 Å². The Morgan fingerprint density at radius 2 is 2.26 bits per heavy atom. The second kappa shape index (κ2) is 5.77. The lowest BCUT2D eigenvalue weighted by Crippen LogP contribution is -2.38. The molecule has 1 aromatic rings. The van der Waals surface area contributed by atoms with Crippen LogP contribution in [0.2, 0.25) is 0 Å². The zero-order chi connectivity index (χ0) is 13.8. The highest BCUT2D eigenvalue weighted by Crippen LogP contribution is 2.28. The summed E-state index contributed by atoms with van der Waals surface area (Å²) in [5.41, 5.74) is 0.198. The predicted molar refractivity (Wildman–Crippen MR) is 64.9 cm³/mol. The van der Waals surface area contributed by atoms with Crippen LogP contribution in [-0.4, -0.2) is 41.0 Å². The van der Waals surface area contributed by atoms with Crippen LogP contribution in [0.3, 0.4) is 0 Å². The number of aromatic nitrogens is 1. The van der Waals surface area contributed by atoms with Crippen molar-refractivity contribution in [3.8, 4) is 0 Å². The van der Waals surface area contributed by atoms with E-state index in [9.17, 15) is 14.0 Å². The van der Waals surface area contributed by atoms with Gasteiger partial charge in [-0.25, -0.2) is 4.98 Å². The van der Waals surface area contributed by atoms with Crippen molar-refractivity contribution in [2.45, 2.75) is 25.8 Å². The zero-order valence-corrected chi connectivity index (χ0v) is 10.6. The Kier molecular flexibility index (Phi) is 4.09. The molecule has 1 aromatic heterocycles. The predicted octanol–water partition coefficient (Wildman–Crippen LogP) is 1.39. The van der Waals surface area contributed by atoms with E-state index < -0.39 is 11.9 Å². The van der Waals surface area contributed by atoms with Crippen LogP contribution in [0, 0.1) is 5.95 Å². The van der Waals surface area contributed by atoms with Crippen LogP contribution >= 0.6 is 0 Å². The SMILES string of the molecule is CCOC(=O)CN(C(=O)c1ccnc(F)c1)C1CC1. The minimum Gasteiger partial charge on any atom is -0.465 e. The maximum Gasteiger partial charge on any atom is 0.325 e. The summed E-state index contributed by atoms with van der Waals surface area (Å²) >= 11 is 0. The molecule has 0 unspecified atom stereocenters. The molecule has 0 atom stereocenters. The van der Waals surface area contributed by atoms with Crippen molar-refractivity contribution in [2.24, 2.45) is 0 Å². The first-order valence-electron chi connectivity index (χ1n) is 6.20. The quantitative estimate of drug-likeness (QED) is 0.597. The van der Waals surface area contributed by atoms with Crippen LogP contribution < -0.4 is 0 Å². The number of ether oxygens (including phenoxy) is 1. The second-order valence-electron chi connectivity index (χ2n) is 4.34. The van der Waals surface area contributed by atoms with Gasteiger partial charge in [0.1, 0.15) is 6.54 Å². The number of rotatable bonds is 5. The van der Waals surface area contributed by atoms with Crippen LogP contribution in [0.15, 0.2) is 18.3 Å². The standard InChI is InChI=1S/C13H15FN2O3/c1-2-19-12(17)8-16(10-3-4-10)13(18)9-5-6-15-11(14)7-9/h5-7,10H,2-4,8H2,1H3. The minimum atomic E-state index is -0.710. The van der Waals surface area contributed by atoms with Crippen LogP contribution in [0.5, 0.6) is 0 Å². The fourth-order valence-corrected chi connectivity index (χ4v) is 1.80. The molecule has 0 bridgehead atoms. The lowest BCUT2D eigenvalue weighted by Gasteiger charge is -2.21. The number of carbonyl (C=O) groups is 2. The summed E-state index contributed by atoms with van der Waals surface area (Å²) in [5, 5.41) is 0. The number of carbonyl (C=O) groups excluding carboxylic acids is 2. The van der Waals surface area contributed by atoms with Crippen LogP contribution in [0.4, 0.5) is 4.39 Å². The Hall–Kier alpha value is -1.98. The molecule has 1 aliphatic rings. The third-order valence-corrected chi connectivity index (χ3v) is 2.83. The topological polar surface area (TPSA) is 59.5 Å². The van der Waals surface area contributed by atoms with Gasteiger partial charge in [0.05, 0.1) is 6.61 Å². The summed E-state index contributed by atoms with van der Waals surface area (Å²) in [6.07, 6.45) is 2.95. The molecule has 1 amide bonds.